The van der Waals surface area contributed by atoms with Gasteiger partial charge in [-0.25, -0.2) is 0 Å². The van der Waals surface area contributed by atoms with Gasteiger partial charge in [0.25, 0.3) is 0 Å². The van der Waals surface area contributed by atoms with E-state index in [1.807, 2.05) is 12.1 Å². The molecule has 0 aliphatic rings. The first-order chi connectivity index (χ1) is 7.41. The highest BCUT2D eigenvalue weighted by molar-refractivity contribution is 6.31. The molecule has 0 unspecified atom stereocenters. The molecule has 1 N–H and O–H groups in total. The Balaban J connectivity index is 2.70. The maximum absolute atomic E-state index is 9.25. The third-order valence-electron chi connectivity index (χ3n) is 2.57. The van der Waals surface area contributed by atoms with Crippen molar-refractivity contribution in [3.05, 3.63) is 34.5 Å². The van der Waals surface area contributed by atoms with E-state index in [0.29, 0.717) is 5.02 Å². The van der Waals surface area contributed by atoms with E-state index in [0.717, 1.165) is 22.3 Å². The Morgan fingerprint density at radius 1 is 1.25 bits per heavy atom. The molecule has 0 aliphatic carbocycles. The van der Waals surface area contributed by atoms with Crippen molar-refractivity contribution in [3.8, 4) is 0 Å². The van der Waals surface area contributed by atoms with Crippen molar-refractivity contribution in [1.29, 1.82) is 0 Å². The standard InChI is InChI=1S/C13H15ClO2/c1-13(2,3)11-6-8-4-10(14)5-9(7-15)12(8)16-11/h4-6,15H,7H2,1-3H3. The Hall–Kier alpha value is -0.990. The lowest BCUT2D eigenvalue weighted by atomic mass is 9.93. The maximum Gasteiger partial charge on any atom is 0.139 e. The van der Waals surface area contributed by atoms with Gasteiger partial charge in [0.2, 0.25) is 0 Å². The SMILES string of the molecule is CC(C)(C)c1cc2cc(Cl)cc(CO)c2o1. The third-order valence-corrected chi connectivity index (χ3v) is 2.79. The van der Waals surface area contributed by atoms with Crippen LogP contribution < -0.4 is 0 Å². The maximum atomic E-state index is 9.25. The van der Waals surface area contributed by atoms with Crippen molar-refractivity contribution in [2.75, 3.05) is 0 Å². The van der Waals surface area contributed by atoms with E-state index >= 15 is 0 Å². The molecule has 0 atom stereocenters. The number of hydrogen-bond donors (Lipinski definition) is 1. The largest absolute Gasteiger partial charge is 0.460 e. The minimum atomic E-state index is -0.0614. The van der Waals surface area contributed by atoms with Gasteiger partial charge in [0.05, 0.1) is 6.61 Å². The Morgan fingerprint density at radius 2 is 1.94 bits per heavy atom. The van der Waals surface area contributed by atoms with Crippen molar-refractivity contribution in [3.63, 3.8) is 0 Å². The second-order valence-electron chi connectivity index (χ2n) is 5.00. The van der Waals surface area contributed by atoms with Gasteiger partial charge in [-0.3, -0.25) is 0 Å². The van der Waals surface area contributed by atoms with Crippen LogP contribution in [0.2, 0.25) is 5.02 Å². The van der Waals surface area contributed by atoms with Crippen LogP contribution in [0.15, 0.2) is 22.6 Å². The minimum Gasteiger partial charge on any atom is -0.460 e. The zero-order valence-corrected chi connectivity index (χ0v) is 10.4. The van der Waals surface area contributed by atoms with Gasteiger partial charge in [-0.15, -0.1) is 0 Å². The molecule has 2 aromatic rings. The van der Waals surface area contributed by atoms with Gasteiger partial charge < -0.3 is 9.52 Å². The lowest BCUT2D eigenvalue weighted by Crippen LogP contribution is -2.08. The van der Waals surface area contributed by atoms with E-state index in [9.17, 15) is 5.11 Å². The van der Waals surface area contributed by atoms with Crippen LogP contribution in [0.1, 0.15) is 32.1 Å². The van der Waals surface area contributed by atoms with Crippen LogP contribution >= 0.6 is 11.6 Å². The first-order valence-corrected chi connectivity index (χ1v) is 5.63. The van der Waals surface area contributed by atoms with Crippen LogP contribution in [0, 0.1) is 0 Å². The molecule has 0 radical (unpaired) electrons. The fourth-order valence-corrected chi connectivity index (χ4v) is 1.92. The second kappa shape index (κ2) is 3.79. The monoisotopic (exact) mass is 238 g/mol. The highest BCUT2D eigenvalue weighted by atomic mass is 35.5. The van der Waals surface area contributed by atoms with E-state index < -0.39 is 0 Å². The summed E-state index contributed by atoms with van der Waals surface area (Å²) in [4.78, 5) is 0. The van der Waals surface area contributed by atoms with E-state index in [4.69, 9.17) is 16.0 Å². The number of halogens is 1. The Morgan fingerprint density at radius 3 is 2.50 bits per heavy atom. The number of fused-ring (bicyclic) bond motifs is 1. The lowest BCUT2D eigenvalue weighted by Gasteiger charge is -2.13. The summed E-state index contributed by atoms with van der Waals surface area (Å²) < 4.78 is 5.79. The molecule has 1 heterocycles. The molecule has 3 heteroatoms. The van der Waals surface area contributed by atoms with Crippen LogP contribution in [0.4, 0.5) is 0 Å². The van der Waals surface area contributed by atoms with Crippen LogP contribution in [0.25, 0.3) is 11.0 Å². The zero-order chi connectivity index (χ0) is 11.9. The number of hydrogen-bond acceptors (Lipinski definition) is 2. The molecular formula is C13H15ClO2. The Kier molecular flexibility index (Phi) is 2.72. The predicted octanol–water partition coefficient (Wildman–Crippen LogP) is 3.88. The van der Waals surface area contributed by atoms with Crippen molar-refractivity contribution in [1.82, 2.24) is 0 Å². The van der Waals surface area contributed by atoms with Gasteiger partial charge in [0, 0.05) is 21.4 Å². The Labute approximate surface area is 99.8 Å². The van der Waals surface area contributed by atoms with Crippen molar-refractivity contribution < 1.29 is 9.52 Å². The summed E-state index contributed by atoms with van der Waals surface area (Å²) in [6, 6.07) is 5.58. The highest BCUT2D eigenvalue weighted by Crippen LogP contribution is 2.32. The van der Waals surface area contributed by atoms with E-state index in [-0.39, 0.29) is 12.0 Å². The van der Waals surface area contributed by atoms with Gasteiger partial charge in [-0.1, -0.05) is 32.4 Å². The smallest absolute Gasteiger partial charge is 0.139 e. The van der Waals surface area contributed by atoms with Gasteiger partial charge in [0.15, 0.2) is 0 Å². The lowest BCUT2D eigenvalue weighted by molar-refractivity contribution is 0.281. The fourth-order valence-electron chi connectivity index (χ4n) is 1.67. The van der Waals surface area contributed by atoms with Crippen molar-refractivity contribution >= 4 is 22.6 Å². The molecule has 16 heavy (non-hydrogen) atoms. The van der Waals surface area contributed by atoms with Crippen LogP contribution in [0.5, 0.6) is 0 Å². The molecule has 1 aromatic carbocycles. The summed E-state index contributed by atoms with van der Waals surface area (Å²) in [7, 11) is 0. The summed E-state index contributed by atoms with van der Waals surface area (Å²) in [5, 5.41) is 10.8. The molecule has 0 fully saturated rings. The number of benzene rings is 1. The number of aliphatic hydroxyl groups is 1. The van der Waals surface area contributed by atoms with Crippen LogP contribution in [0.3, 0.4) is 0 Å². The van der Waals surface area contributed by atoms with Gasteiger partial charge in [-0.2, -0.15) is 0 Å². The average Bonchev–Trinajstić information content (AvgIpc) is 2.59. The van der Waals surface area contributed by atoms with Crippen molar-refractivity contribution in [2.45, 2.75) is 32.8 Å². The quantitative estimate of drug-likeness (QED) is 0.818. The summed E-state index contributed by atoms with van der Waals surface area (Å²) in [6.07, 6.45) is 0. The molecule has 0 aliphatic heterocycles. The van der Waals surface area contributed by atoms with E-state index in [2.05, 4.69) is 20.8 Å². The summed E-state index contributed by atoms with van der Waals surface area (Å²) in [5.41, 5.74) is 1.42. The van der Waals surface area contributed by atoms with Crippen molar-refractivity contribution in [2.24, 2.45) is 0 Å². The molecule has 2 nitrogen and oxygen atoms in total. The van der Waals surface area contributed by atoms with Crippen LogP contribution in [-0.2, 0) is 12.0 Å². The zero-order valence-electron chi connectivity index (χ0n) is 9.67. The topological polar surface area (TPSA) is 33.4 Å². The summed E-state index contributed by atoms with van der Waals surface area (Å²) in [5.74, 6) is 0.902. The highest BCUT2D eigenvalue weighted by Gasteiger charge is 2.20. The normalized spacial score (nSPS) is 12.3. The minimum absolute atomic E-state index is 0.0434. The van der Waals surface area contributed by atoms with E-state index in [1.54, 1.807) is 6.07 Å². The molecule has 0 spiro atoms. The molecule has 0 saturated heterocycles. The first kappa shape index (κ1) is 11.5. The fraction of sp³-hybridized carbons (Fsp3) is 0.385. The first-order valence-electron chi connectivity index (χ1n) is 5.25. The van der Waals surface area contributed by atoms with Gasteiger partial charge >= 0.3 is 0 Å². The van der Waals surface area contributed by atoms with Gasteiger partial charge in [0.1, 0.15) is 11.3 Å². The summed E-state index contributed by atoms with van der Waals surface area (Å²) in [6.45, 7) is 6.20. The molecule has 1 aromatic heterocycles. The molecule has 2 rings (SSSR count). The van der Waals surface area contributed by atoms with Gasteiger partial charge in [-0.05, 0) is 18.2 Å². The Bertz CT molecular complexity index is 520. The third kappa shape index (κ3) is 1.95. The molecule has 0 saturated carbocycles. The average molecular weight is 239 g/mol. The number of furan rings is 1. The summed E-state index contributed by atoms with van der Waals surface area (Å²) >= 11 is 5.97. The molecule has 86 valence electrons. The van der Waals surface area contributed by atoms with E-state index in [1.165, 1.54) is 0 Å². The molecular weight excluding hydrogens is 224 g/mol. The second-order valence-corrected chi connectivity index (χ2v) is 5.44. The predicted molar refractivity (Wildman–Crippen MR) is 65.8 cm³/mol. The van der Waals surface area contributed by atoms with Crippen LogP contribution in [-0.4, -0.2) is 5.11 Å². The molecule has 0 amide bonds. The molecule has 0 bridgehead atoms. The number of aliphatic hydroxyl groups excluding tert-OH is 1. The number of rotatable bonds is 1.